The molecule has 1 amide bonds. The Kier molecular flexibility index (Phi) is 17.8. The Morgan fingerprint density at radius 3 is 2.13 bits per heavy atom. The second-order valence-electron chi connectivity index (χ2n) is 12.3. The van der Waals surface area contributed by atoms with E-state index in [1.165, 1.54) is 69.1 Å². The van der Waals surface area contributed by atoms with E-state index in [-0.39, 0.29) is 11.2 Å². The van der Waals surface area contributed by atoms with Crippen molar-refractivity contribution in [1.82, 2.24) is 14.9 Å². The summed E-state index contributed by atoms with van der Waals surface area (Å²) in [6.07, 6.45) is 7.23. The van der Waals surface area contributed by atoms with Crippen LogP contribution >= 0.6 is 20.0 Å². The molecule has 0 aliphatic carbocycles. The molecule has 1 aliphatic heterocycles. The first-order chi connectivity index (χ1) is 22.1. The third-order valence-corrected chi connectivity index (χ3v) is 9.46. The number of hydrogen-bond donors (Lipinski definition) is 5. The molecule has 6 atom stereocenters. The Hall–Kier alpha value is -1.65. The third kappa shape index (κ3) is 14.8. The summed E-state index contributed by atoms with van der Waals surface area (Å²) < 4.78 is 67.9. The zero-order chi connectivity index (χ0) is 35.1. The van der Waals surface area contributed by atoms with E-state index in [4.69, 9.17) is 26.0 Å². The number of aromatic nitrogens is 2. The number of aliphatic hydroxyl groups excluding tert-OH is 1. The normalized spacial score (nSPS) is 23.4. The van der Waals surface area contributed by atoms with Gasteiger partial charge in [0, 0.05) is 12.3 Å². The van der Waals surface area contributed by atoms with Crippen LogP contribution in [-0.2, 0) is 23.1 Å². The number of alkyl halides is 3. The van der Waals surface area contributed by atoms with Gasteiger partial charge in [-0.15, -0.1) is 0 Å². The van der Waals surface area contributed by atoms with Gasteiger partial charge in [0.25, 0.3) is 5.56 Å². The van der Waals surface area contributed by atoms with Gasteiger partial charge in [0.15, 0.2) is 11.0 Å². The molecular formula is C30H51F3N3O9PS. The number of rotatable bonds is 23. The molecule has 0 spiro atoms. The topological polar surface area (TPSA) is 172 Å². The predicted molar refractivity (Wildman–Crippen MR) is 171 cm³/mol. The minimum atomic E-state index is -5.15. The predicted octanol–water partition coefficient (Wildman–Crippen LogP) is 5.97. The fourth-order valence-electron chi connectivity index (χ4n) is 5.43. The number of phosphoric acid groups is 1. The van der Waals surface area contributed by atoms with E-state index in [0.29, 0.717) is 12.8 Å². The monoisotopic (exact) mass is 717 g/mol. The zero-order valence-electron chi connectivity index (χ0n) is 27.2. The second-order valence-corrected chi connectivity index (χ2v) is 14.2. The molecular weight excluding hydrogens is 666 g/mol. The molecule has 12 nitrogen and oxygen atoms in total. The van der Waals surface area contributed by atoms with E-state index in [9.17, 15) is 42.4 Å². The average Bonchev–Trinajstić information content (AvgIpc) is 3.21. The minimum absolute atomic E-state index is 0.0780. The van der Waals surface area contributed by atoms with Crippen molar-refractivity contribution >= 4 is 25.9 Å². The van der Waals surface area contributed by atoms with Gasteiger partial charge in [0.2, 0.25) is 0 Å². The van der Waals surface area contributed by atoms with Crippen LogP contribution in [0, 0.1) is 4.77 Å². The Labute approximate surface area is 279 Å². The van der Waals surface area contributed by atoms with Gasteiger partial charge in [-0.1, -0.05) is 96.8 Å². The molecule has 1 fully saturated rings. The van der Waals surface area contributed by atoms with Gasteiger partial charge in [0.1, 0.15) is 17.8 Å². The lowest BCUT2D eigenvalue weighted by Gasteiger charge is -2.28. The molecule has 1 aliphatic rings. The second kappa shape index (κ2) is 20.1. The summed E-state index contributed by atoms with van der Waals surface area (Å²) >= 11 is 5.08. The van der Waals surface area contributed by atoms with Crippen molar-refractivity contribution < 1.29 is 51.4 Å². The number of ether oxygens (including phenoxy) is 1. The molecule has 1 saturated heterocycles. The maximum absolute atomic E-state index is 12.9. The maximum atomic E-state index is 12.9. The van der Waals surface area contributed by atoms with Crippen molar-refractivity contribution in [3.63, 3.8) is 0 Å². The molecule has 0 aromatic carbocycles. The van der Waals surface area contributed by atoms with E-state index in [2.05, 4.69) is 11.9 Å². The highest BCUT2D eigenvalue weighted by Gasteiger charge is 2.53. The number of aliphatic hydroxyl groups is 2. The Bertz CT molecular complexity index is 1250. The lowest BCUT2D eigenvalue weighted by Crippen LogP contribution is -2.45. The number of aromatic amines is 1. The number of H-pyrrole nitrogens is 1. The molecule has 2 unspecified atom stereocenters. The number of carbonyl (C=O) groups is 1. The van der Waals surface area contributed by atoms with Gasteiger partial charge in [0.05, 0.1) is 19.3 Å². The van der Waals surface area contributed by atoms with Gasteiger partial charge in [-0.2, -0.15) is 13.2 Å². The average molecular weight is 718 g/mol. The van der Waals surface area contributed by atoms with Gasteiger partial charge < -0.3 is 25.2 Å². The highest BCUT2D eigenvalue weighted by atomic mass is 32.1. The van der Waals surface area contributed by atoms with Crippen molar-refractivity contribution in [3.8, 4) is 0 Å². The number of unbranched alkanes of at least 4 members (excludes halogenated alkanes) is 13. The van der Waals surface area contributed by atoms with E-state index in [0.717, 1.165) is 31.7 Å². The van der Waals surface area contributed by atoms with Crippen LogP contribution in [0.4, 0.5) is 13.2 Å². The SMILES string of the molecule is CCCCCCCCCCCCCCCC[C@H](COP(=O)(O)OC[C@H]1O[C@@H](n2ccc(=O)[nH]c2=S)C(C)(O)[C@H]1O)NC(=O)C(F)(F)F. The first kappa shape index (κ1) is 41.5. The number of carbonyl (C=O) groups excluding carboxylic acids is 1. The summed E-state index contributed by atoms with van der Waals surface area (Å²) in [5, 5.41) is 23.2. The van der Waals surface area contributed by atoms with Crippen LogP contribution in [0.2, 0.25) is 0 Å². The minimum Gasteiger partial charge on any atom is -0.387 e. The summed E-state index contributed by atoms with van der Waals surface area (Å²) in [5.74, 6) is -2.19. The quantitative estimate of drug-likeness (QED) is 0.0516. The molecule has 2 heterocycles. The molecule has 47 heavy (non-hydrogen) atoms. The molecule has 0 radical (unpaired) electrons. The standard InChI is InChI=1S/C30H51F3N3O9PS/c1-3-4-5-6-7-8-9-10-11-12-13-14-15-16-17-22(34-26(39)30(31,32)33)20-43-46(41,42)44-21-23-25(38)29(2,40)27(45-23)36-19-18-24(37)35-28(36)47/h18-19,22-23,25,27,38,40H,3-17,20-21H2,1-2H3,(H,34,39)(H,41,42)(H,35,37,47)/t22-,23-,25+,27-,29?/m1/s1. The first-order valence-corrected chi connectivity index (χ1v) is 18.4. The van der Waals surface area contributed by atoms with Gasteiger partial charge in [-0.25, -0.2) is 4.57 Å². The van der Waals surface area contributed by atoms with Crippen molar-refractivity contribution in [2.45, 2.75) is 146 Å². The molecule has 272 valence electrons. The van der Waals surface area contributed by atoms with Crippen LogP contribution in [0.1, 0.15) is 116 Å². The van der Waals surface area contributed by atoms with E-state index >= 15 is 0 Å². The Morgan fingerprint density at radius 2 is 1.62 bits per heavy atom. The summed E-state index contributed by atoms with van der Waals surface area (Å²) in [6.45, 7) is 1.94. The van der Waals surface area contributed by atoms with Crippen molar-refractivity contribution in [2.75, 3.05) is 13.2 Å². The molecule has 1 aromatic heterocycles. The Balaban J connectivity index is 1.79. The number of nitrogens with zero attached hydrogens (tertiary/aromatic N) is 1. The first-order valence-electron chi connectivity index (χ1n) is 16.5. The number of hydrogen-bond acceptors (Lipinski definition) is 9. The molecule has 0 bridgehead atoms. The Morgan fingerprint density at radius 1 is 1.09 bits per heavy atom. The summed E-state index contributed by atoms with van der Waals surface area (Å²) in [5.41, 5.74) is -2.47. The van der Waals surface area contributed by atoms with Crippen molar-refractivity contribution in [1.29, 1.82) is 0 Å². The van der Waals surface area contributed by atoms with Gasteiger partial charge >= 0.3 is 19.9 Å². The lowest BCUT2D eigenvalue weighted by atomic mass is 9.96. The van der Waals surface area contributed by atoms with Gasteiger partial charge in [-0.3, -0.25) is 28.2 Å². The number of nitrogens with one attached hydrogen (secondary N) is 2. The number of halogens is 3. The van der Waals surface area contributed by atoms with Crippen LogP contribution < -0.4 is 10.9 Å². The highest BCUT2D eigenvalue weighted by Crippen LogP contribution is 2.46. The summed E-state index contributed by atoms with van der Waals surface area (Å²) in [6, 6.07) is -0.0976. The van der Waals surface area contributed by atoms with E-state index in [1.807, 2.05) is 5.32 Å². The zero-order valence-corrected chi connectivity index (χ0v) is 28.9. The third-order valence-electron chi connectivity index (χ3n) is 8.20. The molecule has 0 saturated carbocycles. The fourth-order valence-corrected chi connectivity index (χ4v) is 6.46. The smallest absolute Gasteiger partial charge is 0.387 e. The van der Waals surface area contributed by atoms with E-state index < -0.39 is 68.8 Å². The van der Waals surface area contributed by atoms with Crippen LogP contribution in [0.3, 0.4) is 0 Å². The van der Waals surface area contributed by atoms with Crippen LogP contribution in [0.15, 0.2) is 17.1 Å². The number of amides is 1. The summed E-state index contributed by atoms with van der Waals surface area (Å²) in [4.78, 5) is 35.6. The van der Waals surface area contributed by atoms with Crippen LogP contribution in [-0.4, -0.2) is 73.8 Å². The molecule has 5 N–H and O–H groups in total. The van der Waals surface area contributed by atoms with Crippen LogP contribution in [0.25, 0.3) is 0 Å². The maximum Gasteiger partial charge on any atom is 0.472 e. The molecule has 1 aromatic rings. The fraction of sp³-hybridized carbons (Fsp3) is 0.833. The van der Waals surface area contributed by atoms with Crippen molar-refractivity contribution in [3.05, 3.63) is 27.4 Å². The number of phosphoric ester groups is 1. The largest absolute Gasteiger partial charge is 0.472 e. The van der Waals surface area contributed by atoms with Crippen molar-refractivity contribution in [2.24, 2.45) is 0 Å². The highest BCUT2D eigenvalue weighted by molar-refractivity contribution is 7.71. The molecule has 2 rings (SSSR count). The van der Waals surface area contributed by atoms with Gasteiger partial charge in [-0.05, 0) is 25.6 Å². The van der Waals surface area contributed by atoms with Crippen LogP contribution in [0.5, 0.6) is 0 Å². The molecule has 17 heteroatoms. The lowest BCUT2D eigenvalue weighted by molar-refractivity contribution is -0.174. The summed E-state index contributed by atoms with van der Waals surface area (Å²) in [7, 11) is -4.91. The van der Waals surface area contributed by atoms with E-state index in [1.54, 1.807) is 0 Å².